The lowest BCUT2D eigenvalue weighted by molar-refractivity contribution is -0.168. The van der Waals surface area contributed by atoms with Crippen LogP contribution in [0.3, 0.4) is 0 Å². The molecule has 0 saturated heterocycles. The Morgan fingerprint density at radius 2 is 2.33 bits per heavy atom. The predicted octanol–water partition coefficient (Wildman–Crippen LogP) is -0.704. The number of aliphatic hydroxyl groups excluding tert-OH is 1. The molecule has 1 unspecified atom stereocenters. The molecule has 0 radical (unpaired) electrons. The number of hydrogen-bond donors (Lipinski definition) is 2. The first-order chi connectivity index (χ1) is 5.60. The minimum absolute atomic E-state index is 0.0902. The zero-order valence-electron chi connectivity index (χ0n) is 6.91. The van der Waals surface area contributed by atoms with E-state index in [2.05, 4.69) is 10.7 Å². The lowest BCUT2D eigenvalue weighted by Crippen LogP contribution is -2.43. The van der Waals surface area contributed by atoms with Crippen molar-refractivity contribution >= 4 is 5.97 Å². The van der Waals surface area contributed by atoms with E-state index in [1.165, 1.54) is 0 Å². The van der Waals surface area contributed by atoms with Crippen LogP contribution in [0.15, 0.2) is 0 Å². The minimum Gasteiger partial charge on any atom is -0.450 e. The molecular weight excluding hydrogens is 160 g/mol. The van der Waals surface area contributed by atoms with Crippen molar-refractivity contribution in [3.63, 3.8) is 0 Å². The van der Waals surface area contributed by atoms with Crippen LogP contribution in [0.25, 0.3) is 0 Å². The average molecular weight is 172 g/mol. The molecular formula is C8H12O4. The second kappa shape index (κ2) is 4.75. The van der Waals surface area contributed by atoms with Gasteiger partial charge in [0.15, 0.2) is 12.2 Å². The number of hydrogen-bond acceptors (Lipinski definition) is 4. The van der Waals surface area contributed by atoms with E-state index in [-0.39, 0.29) is 13.0 Å². The van der Waals surface area contributed by atoms with Gasteiger partial charge in [-0.15, -0.1) is 6.42 Å². The first-order valence-corrected chi connectivity index (χ1v) is 3.54. The molecule has 2 N–H and O–H groups in total. The average Bonchev–Trinajstić information content (AvgIpc) is 2.12. The summed E-state index contributed by atoms with van der Waals surface area (Å²) in [6.45, 7) is 0.710. The Bertz CT molecular complexity index is 188. The highest BCUT2D eigenvalue weighted by atomic mass is 16.6. The Morgan fingerprint density at radius 3 is 2.67 bits per heavy atom. The zero-order valence-corrected chi connectivity index (χ0v) is 6.91. The first-order valence-electron chi connectivity index (χ1n) is 3.54. The summed E-state index contributed by atoms with van der Waals surface area (Å²) in [5.74, 6) is 1.20. The predicted molar refractivity (Wildman–Crippen MR) is 42.1 cm³/mol. The van der Waals surface area contributed by atoms with Crippen molar-refractivity contribution in [3.8, 4) is 12.3 Å². The second-order valence-corrected chi connectivity index (χ2v) is 2.32. The molecule has 4 heteroatoms. The summed E-state index contributed by atoms with van der Waals surface area (Å²) < 4.78 is 4.45. The lowest BCUT2D eigenvalue weighted by atomic mass is 10.0. The Morgan fingerprint density at radius 1 is 1.75 bits per heavy atom. The molecule has 0 fully saturated rings. The minimum atomic E-state index is -1.81. The molecule has 1 atom stereocenters. The molecule has 0 bridgehead atoms. The smallest absolute Gasteiger partial charge is 0.341 e. The Balaban J connectivity index is 4.14. The third kappa shape index (κ3) is 2.53. The second-order valence-electron chi connectivity index (χ2n) is 2.32. The summed E-state index contributed by atoms with van der Waals surface area (Å²) in [4.78, 5) is 11.0. The Hall–Kier alpha value is -1.05. The standard InChI is InChI=1S/C8H12O4/c1-3-5-12-7(10)8(11,4-2)6-9/h1,9,11H,4-6H2,2H3. The van der Waals surface area contributed by atoms with Crippen molar-refractivity contribution in [2.45, 2.75) is 18.9 Å². The van der Waals surface area contributed by atoms with Gasteiger partial charge in [-0.1, -0.05) is 12.8 Å². The molecule has 68 valence electrons. The van der Waals surface area contributed by atoms with E-state index in [4.69, 9.17) is 11.5 Å². The van der Waals surface area contributed by atoms with Crippen molar-refractivity contribution < 1.29 is 19.7 Å². The van der Waals surface area contributed by atoms with Crippen LogP contribution in [0.2, 0.25) is 0 Å². The topological polar surface area (TPSA) is 66.8 Å². The fraction of sp³-hybridized carbons (Fsp3) is 0.625. The molecule has 0 aliphatic heterocycles. The van der Waals surface area contributed by atoms with E-state index in [0.29, 0.717) is 0 Å². The van der Waals surface area contributed by atoms with E-state index in [9.17, 15) is 9.90 Å². The van der Waals surface area contributed by atoms with Gasteiger partial charge in [0, 0.05) is 0 Å². The lowest BCUT2D eigenvalue weighted by Gasteiger charge is -2.20. The van der Waals surface area contributed by atoms with Crippen LogP contribution in [0.5, 0.6) is 0 Å². The zero-order chi connectivity index (χ0) is 9.61. The summed E-state index contributed by atoms with van der Waals surface area (Å²) in [5.41, 5.74) is -1.81. The van der Waals surface area contributed by atoms with Gasteiger partial charge in [-0.2, -0.15) is 0 Å². The van der Waals surface area contributed by atoms with Crippen molar-refractivity contribution in [1.82, 2.24) is 0 Å². The highest BCUT2D eigenvalue weighted by molar-refractivity contribution is 5.79. The fourth-order valence-corrected chi connectivity index (χ4v) is 0.562. The summed E-state index contributed by atoms with van der Waals surface area (Å²) in [7, 11) is 0. The molecule has 0 aromatic carbocycles. The number of aliphatic hydroxyl groups is 2. The van der Waals surface area contributed by atoms with Gasteiger partial charge in [-0.3, -0.25) is 0 Å². The number of carbonyl (C=O) groups excluding carboxylic acids is 1. The molecule has 0 spiro atoms. The highest BCUT2D eigenvalue weighted by Gasteiger charge is 2.34. The van der Waals surface area contributed by atoms with E-state index >= 15 is 0 Å². The molecule has 0 amide bonds. The summed E-state index contributed by atoms with van der Waals surface area (Å²) in [6, 6.07) is 0. The van der Waals surface area contributed by atoms with Gasteiger partial charge >= 0.3 is 5.97 Å². The largest absolute Gasteiger partial charge is 0.450 e. The third-order valence-corrected chi connectivity index (χ3v) is 1.51. The highest BCUT2D eigenvalue weighted by Crippen LogP contribution is 2.10. The molecule has 0 heterocycles. The fourth-order valence-electron chi connectivity index (χ4n) is 0.562. The van der Waals surface area contributed by atoms with Crippen molar-refractivity contribution in [2.24, 2.45) is 0 Å². The Kier molecular flexibility index (Phi) is 4.34. The summed E-state index contributed by atoms with van der Waals surface area (Å²) in [6.07, 6.45) is 4.92. The first kappa shape index (κ1) is 11.0. The van der Waals surface area contributed by atoms with Crippen LogP contribution >= 0.6 is 0 Å². The van der Waals surface area contributed by atoms with Crippen LogP contribution in [-0.2, 0) is 9.53 Å². The van der Waals surface area contributed by atoms with Gasteiger partial charge in [0.1, 0.15) is 0 Å². The summed E-state index contributed by atoms with van der Waals surface area (Å²) in [5, 5.41) is 18.0. The quantitative estimate of drug-likeness (QED) is 0.434. The van der Waals surface area contributed by atoms with E-state index in [1.807, 2.05) is 0 Å². The van der Waals surface area contributed by atoms with Gasteiger partial charge in [-0.25, -0.2) is 4.79 Å². The maximum absolute atomic E-state index is 11.0. The molecule has 4 nitrogen and oxygen atoms in total. The van der Waals surface area contributed by atoms with Gasteiger partial charge in [0.05, 0.1) is 6.61 Å². The van der Waals surface area contributed by atoms with Gasteiger partial charge in [0.2, 0.25) is 0 Å². The molecule has 0 aromatic rings. The van der Waals surface area contributed by atoms with Crippen LogP contribution in [0.4, 0.5) is 0 Å². The van der Waals surface area contributed by atoms with Gasteiger partial charge in [-0.05, 0) is 6.42 Å². The molecule has 0 rings (SSSR count). The van der Waals surface area contributed by atoms with Gasteiger partial charge in [0.25, 0.3) is 0 Å². The monoisotopic (exact) mass is 172 g/mol. The summed E-state index contributed by atoms with van der Waals surface area (Å²) >= 11 is 0. The maximum atomic E-state index is 11.0. The number of carbonyl (C=O) groups is 1. The normalized spacial score (nSPS) is 14.5. The number of terminal acetylenes is 1. The molecule has 0 aliphatic carbocycles. The van der Waals surface area contributed by atoms with Crippen molar-refractivity contribution in [3.05, 3.63) is 0 Å². The SMILES string of the molecule is C#CCOC(=O)C(O)(CC)CO. The van der Waals surface area contributed by atoms with E-state index in [0.717, 1.165) is 0 Å². The molecule has 0 saturated carbocycles. The number of rotatable bonds is 4. The molecule has 12 heavy (non-hydrogen) atoms. The van der Waals surface area contributed by atoms with Crippen LogP contribution in [-0.4, -0.2) is 35.0 Å². The maximum Gasteiger partial charge on any atom is 0.341 e. The van der Waals surface area contributed by atoms with Crippen molar-refractivity contribution in [1.29, 1.82) is 0 Å². The van der Waals surface area contributed by atoms with Crippen LogP contribution in [0.1, 0.15) is 13.3 Å². The number of ether oxygens (including phenoxy) is 1. The van der Waals surface area contributed by atoms with Crippen LogP contribution < -0.4 is 0 Å². The van der Waals surface area contributed by atoms with Crippen molar-refractivity contribution in [2.75, 3.05) is 13.2 Å². The molecule has 0 aromatic heterocycles. The Labute approximate surface area is 71.2 Å². The van der Waals surface area contributed by atoms with Crippen LogP contribution in [0, 0.1) is 12.3 Å². The van der Waals surface area contributed by atoms with Gasteiger partial charge < -0.3 is 14.9 Å². The molecule has 0 aliphatic rings. The van der Waals surface area contributed by atoms with E-state index in [1.54, 1.807) is 6.92 Å². The van der Waals surface area contributed by atoms with E-state index < -0.39 is 18.2 Å². The third-order valence-electron chi connectivity index (χ3n) is 1.51. The number of esters is 1.